The molecule has 19 heavy (non-hydrogen) atoms. The van der Waals surface area contributed by atoms with Crippen molar-refractivity contribution in [1.29, 1.82) is 0 Å². The number of pyridine rings is 1. The molecule has 2 heterocycles. The summed E-state index contributed by atoms with van der Waals surface area (Å²) in [4.78, 5) is 9.20. The minimum Gasteiger partial charge on any atom is -0.396 e. The number of piperazine rings is 1. The molecule has 0 unspecified atom stereocenters. The fourth-order valence-corrected chi connectivity index (χ4v) is 2.46. The van der Waals surface area contributed by atoms with Gasteiger partial charge in [-0.1, -0.05) is 13.8 Å². The average molecular weight is 263 g/mol. The minimum absolute atomic E-state index is 0.292. The number of rotatable bonds is 5. The molecule has 1 aliphatic heterocycles. The van der Waals surface area contributed by atoms with Gasteiger partial charge in [-0.25, -0.2) is 0 Å². The Bertz CT molecular complexity index is 387. The highest BCUT2D eigenvalue weighted by molar-refractivity contribution is 5.47. The number of hydrogen-bond donors (Lipinski definition) is 1. The van der Waals surface area contributed by atoms with Crippen LogP contribution in [-0.4, -0.2) is 54.3 Å². The largest absolute Gasteiger partial charge is 0.396 e. The molecule has 0 aliphatic carbocycles. The van der Waals surface area contributed by atoms with Crippen molar-refractivity contribution in [3.05, 3.63) is 24.0 Å². The number of aromatic nitrogens is 1. The zero-order valence-corrected chi connectivity index (χ0v) is 12.0. The molecule has 106 valence electrons. The van der Waals surface area contributed by atoms with Crippen LogP contribution in [0.3, 0.4) is 0 Å². The molecule has 1 aromatic heterocycles. The molecule has 0 spiro atoms. The summed E-state index contributed by atoms with van der Waals surface area (Å²) in [7, 11) is 0. The third-order valence-electron chi connectivity index (χ3n) is 3.78. The number of nitrogens with zero attached hydrogens (tertiary/aromatic N) is 3. The van der Waals surface area contributed by atoms with E-state index >= 15 is 0 Å². The summed E-state index contributed by atoms with van der Waals surface area (Å²) in [6.07, 6.45) is 4.81. The molecule has 0 saturated carbocycles. The van der Waals surface area contributed by atoms with Gasteiger partial charge in [-0.3, -0.25) is 9.88 Å². The Morgan fingerprint density at radius 2 is 1.95 bits per heavy atom. The number of aliphatic hydroxyl groups excluding tert-OH is 1. The lowest BCUT2D eigenvalue weighted by Crippen LogP contribution is -2.46. The first-order chi connectivity index (χ1) is 9.20. The van der Waals surface area contributed by atoms with E-state index in [2.05, 4.69) is 34.7 Å². The summed E-state index contributed by atoms with van der Waals surface area (Å²) < 4.78 is 0. The lowest BCUT2D eigenvalue weighted by molar-refractivity contribution is 0.216. The van der Waals surface area contributed by atoms with Crippen LogP contribution in [0.15, 0.2) is 18.5 Å². The van der Waals surface area contributed by atoms with Crippen LogP contribution in [-0.2, 0) is 0 Å². The van der Waals surface area contributed by atoms with E-state index < -0.39 is 0 Å². The monoisotopic (exact) mass is 263 g/mol. The summed E-state index contributed by atoms with van der Waals surface area (Å²) in [6, 6.07) is 2.26. The van der Waals surface area contributed by atoms with Gasteiger partial charge >= 0.3 is 0 Å². The fraction of sp³-hybridized carbons (Fsp3) is 0.667. The summed E-state index contributed by atoms with van der Waals surface area (Å²) in [5.41, 5.74) is 2.55. The van der Waals surface area contributed by atoms with Crippen LogP contribution in [0.5, 0.6) is 0 Å². The van der Waals surface area contributed by atoms with E-state index in [-0.39, 0.29) is 0 Å². The van der Waals surface area contributed by atoms with E-state index in [1.807, 2.05) is 12.4 Å². The molecule has 1 saturated heterocycles. The average Bonchev–Trinajstić information content (AvgIpc) is 2.46. The van der Waals surface area contributed by atoms with E-state index in [1.165, 1.54) is 11.3 Å². The lowest BCUT2D eigenvalue weighted by atomic mass is 10.1. The van der Waals surface area contributed by atoms with Gasteiger partial charge in [-0.2, -0.15) is 0 Å². The summed E-state index contributed by atoms with van der Waals surface area (Å²) >= 11 is 0. The standard InChI is InChI=1S/C15H25N3O/c1-13(2)14-10-15(12-16-11-14)18-7-5-17(6-8-18)4-3-9-19/h10-13,19H,3-9H2,1-2H3. The van der Waals surface area contributed by atoms with Crippen molar-refractivity contribution in [3.63, 3.8) is 0 Å². The van der Waals surface area contributed by atoms with E-state index in [0.717, 1.165) is 39.1 Å². The van der Waals surface area contributed by atoms with Gasteiger partial charge in [0.05, 0.1) is 11.9 Å². The van der Waals surface area contributed by atoms with Crippen molar-refractivity contribution in [2.24, 2.45) is 0 Å². The van der Waals surface area contributed by atoms with Crippen molar-refractivity contribution >= 4 is 5.69 Å². The van der Waals surface area contributed by atoms with Crippen molar-refractivity contribution < 1.29 is 5.11 Å². The molecule has 0 bridgehead atoms. The highest BCUT2D eigenvalue weighted by Crippen LogP contribution is 2.21. The van der Waals surface area contributed by atoms with E-state index in [1.54, 1.807) is 0 Å². The topological polar surface area (TPSA) is 39.6 Å². The van der Waals surface area contributed by atoms with Crippen LogP contribution in [0.4, 0.5) is 5.69 Å². The third-order valence-corrected chi connectivity index (χ3v) is 3.78. The maximum atomic E-state index is 8.86. The Kier molecular flexibility index (Phi) is 5.16. The Morgan fingerprint density at radius 1 is 1.21 bits per heavy atom. The van der Waals surface area contributed by atoms with Gasteiger partial charge in [0.15, 0.2) is 0 Å². The van der Waals surface area contributed by atoms with E-state index in [4.69, 9.17) is 5.11 Å². The number of hydrogen-bond acceptors (Lipinski definition) is 4. The molecular weight excluding hydrogens is 238 g/mol. The van der Waals surface area contributed by atoms with Crippen LogP contribution in [0.1, 0.15) is 31.7 Å². The highest BCUT2D eigenvalue weighted by atomic mass is 16.3. The van der Waals surface area contributed by atoms with Crippen molar-refractivity contribution in [3.8, 4) is 0 Å². The molecule has 0 radical (unpaired) electrons. The zero-order chi connectivity index (χ0) is 13.7. The summed E-state index contributed by atoms with van der Waals surface area (Å²) in [5, 5.41) is 8.86. The van der Waals surface area contributed by atoms with Crippen LogP contribution >= 0.6 is 0 Å². The molecule has 4 heteroatoms. The molecule has 4 nitrogen and oxygen atoms in total. The second-order valence-electron chi connectivity index (χ2n) is 5.54. The predicted octanol–water partition coefficient (Wildman–Crippen LogP) is 1.71. The maximum Gasteiger partial charge on any atom is 0.0556 e. The molecule has 0 atom stereocenters. The second kappa shape index (κ2) is 6.87. The van der Waals surface area contributed by atoms with Crippen LogP contribution < -0.4 is 4.90 Å². The number of anilines is 1. The van der Waals surface area contributed by atoms with Crippen LogP contribution in [0, 0.1) is 0 Å². The van der Waals surface area contributed by atoms with Gasteiger partial charge in [0, 0.05) is 45.5 Å². The molecule has 0 aromatic carbocycles. The quantitative estimate of drug-likeness (QED) is 0.878. The Morgan fingerprint density at radius 3 is 2.58 bits per heavy atom. The summed E-state index contributed by atoms with van der Waals surface area (Å²) in [6.45, 7) is 9.96. The Hall–Kier alpha value is -1.13. The van der Waals surface area contributed by atoms with Crippen LogP contribution in [0.25, 0.3) is 0 Å². The first-order valence-electron chi connectivity index (χ1n) is 7.24. The molecule has 1 aliphatic rings. The second-order valence-corrected chi connectivity index (χ2v) is 5.54. The first-order valence-corrected chi connectivity index (χ1v) is 7.24. The molecule has 1 N–H and O–H groups in total. The van der Waals surface area contributed by atoms with Gasteiger partial charge in [-0.15, -0.1) is 0 Å². The molecule has 1 fully saturated rings. The smallest absolute Gasteiger partial charge is 0.0556 e. The van der Waals surface area contributed by atoms with Gasteiger partial charge in [0.2, 0.25) is 0 Å². The maximum absolute atomic E-state index is 8.86. The van der Waals surface area contributed by atoms with E-state index in [0.29, 0.717) is 12.5 Å². The first kappa shape index (κ1) is 14.3. The minimum atomic E-state index is 0.292. The predicted molar refractivity (Wildman–Crippen MR) is 78.7 cm³/mol. The Labute approximate surface area is 116 Å². The Balaban J connectivity index is 1.92. The van der Waals surface area contributed by atoms with E-state index in [9.17, 15) is 0 Å². The van der Waals surface area contributed by atoms with Crippen molar-refractivity contribution in [2.45, 2.75) is 26.2 Å². The molecule has 2 rings (SSSR count). The van der Waals surface area contributed by atoms with Crippen molar-refractivity contribution in [2.75, 3.05) is 44.2 Å². The SMILES string of the molecule is CC(C)c1cncc(N2CCN(CCCO)CC2)c1. The van der Waals surface area contributed by atoms with Gasteiger partial charge in [0.25, 0.3) is 0 Å². The molecular formula is C15H25N3O. The number of aliphatic hydroxyl groups is 1. The molecule has 0 amide bonds. The van der Waals surface area contributed by atoms with Crippen molar-refractivity contribution in [1.82, 2.24) is 9.88 Å². The van der Waals surface area contributed by atoms with Gasteiger partial charge in [-0.05, 0) is 24.0 Å². The third kappa shape index (κ3) is 3.91. The summed E-state index contributed by atoms with van der Waals surface area (Å²) in [5.74, 6) is 0.526. The van der Waals surface area contributed by atoms with Gasteiger partial charge < -0.3 is 10.0 Å². The zero-order valence-electron chi connectivity index (χ0n) is 12.0. The lowest BCUT2D eigenvalue weighted by Gasteiger charge is -2.36. The fourth-order valence-electron chi connectivity index (χ4n) is 2.46. The normalized spacial score (nSPS) is 17.2. The molecule has 1 aromatic rings. The van der Waals surface area contributed by atoms with Gasteiger partial charge in [0.1, 0.15) is 0 Å². The van der Waals surface area contributed by atoms with Crippen LogP contribution in [0.2, 0.25) is 0 Å². The highest BCUT2D eigenvalue weighted by Gasteiger charge is 2.17.